The molecule has 6 heterocycles. The van der Waals surface area contributed by atoms with Crippen molar-refractivity contribution in [1.82, 2.24) is 50.1 Å². The Balaban J connectivity index is 0.000000162. The van der Waals surface area contributed by atoms with Crippen molar-refractivity contribution in [3.8, 4) is 11.9 Å². The molecule has 2 atom stereocenters. The average Bonchev–Trinajstić information content (AvgIpc) is 4.08. The van der Waals surface area contributed by atoms with Crippen LogP contribution in [0.2, 0.25) is 0 Å². The molecular weight excluding hydrogens is 808 g/mol. The third kappa shape index (κ3) is 9.45. The summed E-state index contributed by atoms with van der Waals surface area (Å²) in [4.78, 5) is 20.4. The van der Waals surface area contributed by atoms with Crippen LogP contribution < -0.4 is 5.32 Å². The zero-order chi connectivity index (χ0) is 43.6. The van der Waals surface area contributed by atoms with Gasteiger partial charge in [0.25, 0.3) is 11.9 Å². The zero-order valence-corrected chi connectivity index (χ0v) is 34.2. The monoisotopic (exact) mass is 856 g/mol. The molecule has 3 aliphatic rings. The number of hydrogen-bond donors (Lipinski definition) is 3. The van der Waals surface area contributed by atoms with Gasteiger partial charge in [0.15, 0.2) is 0 Å². The predicted molar refractivity (Wildman–Crippen MR) is 212 cm³/mol. The van der Waals surface area contributed by atoms with E-state index < -0.39 is 12.1 Å². The van der Waals surface area contributed by atoms with Gasteiger partial charge in [-0.25, -0.2) is 13.6 Å². The van der Waals surface area contributed by atoms with E-state index >= 15 is 0 Å². The summed E-state index contributed by atoms with van der Waals surface area (Å²) in [5.74, 6) is -0.912. The molecule has 0 spiro atoms. The minimum atomic E-state index is -5.08. The molecule has 61 heavy (non-hydrogen) atoms. The van der Waals surface area contributed by atoms with Gasteiger partial charge in [0, 0.05) is 28.7 Å². The van der Waals surface area contributed by atoms with E-state index in [4.69, 9.17) is 18.9 Å². The lowest BCUT2D eigenvalue weighted by Gasteiger charge is -2.36. The van der Waals surface area contributed by atoms with Crippen LogP contribution >= 0.6 is 0 Å². The van der Waals surface area contributed by atoms with Gasteiger partial charge in [-0.15, -0.1) is 0 Å². The van der Waals surface area contributed by atoms with E-state index in [0.29, 0.717) is 28.8 Å². The first-order valence-corrected chi connectivity index (χ1v) is 20.6. The topological polar surface area (TPSA) is 186 Å². The first-order chi connectivity index (χ1) is 29.1. The van der Waals surface area contributed by atoms with Crippen LogP contribution in [0.1, 0.15) is 119 Å². The van der Waals surface area contributed by atoms with Crippen molar-refractivity contribution in [2.75, 3.05) is 26.2 Å². The lowest BCUT2D eigenvalue weighted by Crippen LogP contribution is -2.44. The van der Waals surface area contributed by atoms with Gasteiger partial charge in [0.1, 0.15) is 22.7 Å². The van der Waals surface area contributed by atoms with E-state index in [9.17, 15) is 27.1 Å². The Morgan fingerprint density at radius 1 is 0.754 bits per heavy atom. The van der Waals surface area contributed by atoms with Crippen LogP contribution in [-0.4, -0.2) is 105 Å². The highest BCUT2D eigenvalue weighted by Crippen LogP contribution is 2.34. The number of nitrogens with zero attached hydrogens (tertiary/aromatic N) is 9. The third-order valence-electron chi connectivity index (χ3n) is 11.4. The minimum absolute atomic E-state index is 0.150. The number of benzene rings is 2. The van der Waals surface area contributed by atoms with Crippen LogP contribution in [-0.2, 0) is 4.79 Å². The lowest BCUT2D eigenvalue weighted by atomic mass is 9.95. The number of halogens is 5. The number of carbonyl (C=O) groups is 1. The van der Waals surface area contributed by atoms with Gasteiger partial charge >= 0.3 is 12.1 Å². The van der Waals surface area contributed by atoms with Gasteiger partial charge in [0.05, 0.1) is 17.5 Å². The molecule has 3 N–H and O–H groups in total. The molecule has 328 valence electrons. The highest BCUT2D eigenvalue weighted by Gasteiger charge is 2.38. The predicted octanol–water partition coefficient (Wildman–Crippen LogP) is 7.54. The van der Waals surface area contributed by atoms with E-state index in [2.05, 4.69) is 40.7 Å². The third-order valence-corrected chi connectivity index (χ3v) is 11.4. The Bertz CT molecular complexity index is 2430. The number of fused-ring (bicyclic) bond motifs is 2. The summed E-state index contributed by atoms with van der Waals surface area (Å²) in [7, 11) is 0. The Morgan fingerprint density at radius 2 is 1.21 bits per heavy atom. The molecule has 0 bridgehead atoms. The number of carboxylic acid groups (broad SMARTS) is 1. The van der Waals surface area contributed by atoms with Crippen molar-refractivity contribution in [3.05, 3.63) is 71.2 Å². The summed E-state index contributed by atoms with van der Waals surface area (Å²) in [5, 5.41) is 39.5. The molecule has 3 fully saturated rings. The van der Waals surface area contributed by atoms with Gasteiger partial charge in [0.2, 0.25) is 11.8 Å². The number of para-hydroxylation sites is 2. The number of hydrogen-bond acceptors (Lipinski definition) is 12. The maximum absolute atomic E-state index is 14.6. The molecular formula is C41H49F5N10O5. The fraction of sp³-hybridized carbons (Fsp3) is 0.537. The molecule has 15 nitrogen and oxygen atoms in total. The smallest absolute Gasteiger partial charge is 0.475 e. The number of aromatic nitrogens is 8. The summed E-state index contributed by atoms with van der Waals surface area (Å²) < 4.78 is 74.7. The molecule has 6 aromatic rings. The number of likely N-dealkylation sites (tertiary alicyclic amines) is 1. The standard InChI is InChI=1S/C22H28FN5O2.C17H20FN5O.C2HF3O2/c1-13(2)19-15-5-3-6-16(23)20(15)28(25-19)22-24-21(30-26-22)14-9-11-27(12-10-14)17-7-4-8-18(17)29;1-10(2)14-12-4-3-5-13(18)15(12)23(21-14)17-20-16(24-22-17)11-6-8-19-9-7-11;3-2(4,5)1(6)7/h3,5-6,13-14,17-18,29H,4,7-12H2,1-2H3;3-5,10-11,19H,6-9H2,1-2H3;(H,6,7)/t17-,18-;;/m0../s1. The number of rotatable bonds is 7. The van der Waals surface area contributed by atoms with Crippen LogP contribution in [0.15, 0.2) is 45.4 Å². The Morgan fingerprint density at radius 3 is 1.62 bits per heavy atom. The first-order valence-electron chi connectivity index (χ1n) is 20.6. The number of nitrogens with one attached hydrogen (secondary N) is 1. The van der Waals surface area contributed by atoms with Crippen molar-refractivity contribution < 1.29 is 46.0 Å². The quantitative estimate of drug-likeness (QED) is 0.134. The molecule has 0 amide bonds. The zero-order valence-electron chi connectivity index (χ0n) is 34.2. The van der Waals surface area contributed by atoms with E-state index in [-0.39, 0.29) is 53.4 Å². The number of aliphatic hydroxyl groups excluding tert-OH is 1. The van der Waals surface area contributed by atoms with E-state index in [1.165, 1.54) is 21.5 Å². The van der Waals surface area contributed by atoms with Gasteiger partial charge < -0.3 is 24.6 Å². The second-order valence-electron chi connectivity index (χ2n) is 16.2. The molecule has 1 aliphatic carbocycles. The Kier molecular flexibility index (Phi) is 13.1. The number of alkyl halides is 3. The maximum Gasteiger partial charge on any atom is 0.490 e. The van der Waals surface area contributed by atoms with Gasteiger partial charge in [-0.05, 0) is 105 Å². The molecule has 4 aromatic heterocycles. The van der Waals surface area contributed by atoms with Gasteiger partial charge in [-0.3, -0.25) is 4.90 Å². The van der Waals surface area contributed by atoms with Crippen LogP contribution in [0.4, 0.5) is 22.0 Å². The van der Waals surface area contributed by atoms with E-state index in [1.54, 1.807) is 12.1 Å². The van der Waals surface area contributed by atoms with E-state index in [1.807, 2.05) is 39.8 Å². The minimum Gasteiger partial charge on any atom is -0.475 e. The molecule has 20 heteroatoms. The van der Waals surface area contributed by atoms with Crippen molar-refractivity contribution in [2.24, 2.45) is 0 Å². The highest BCUT2D eigenvalue weighted by molar-refractivity contribution is 5.85. The summed E-state index contributed by atoms with van der Waals surface area (Å²) in [6.45, 7) is 11.9. The largest absolute Gasteiger partial charge is 0.490 e. The summed E-state index contributed by atoms with van der Waals surface area (Å²) >= 11 is 0. The van der Waals surface area contributed by atoms with Crippen LogP contribution in [0.5, 0.6) is 0 Å². The highest BCUT2D eigenvalue weighted by atomic mass is 19.4. The Hall–Kier alpha value is -5.34. The fourth-order valence-electron chi connectivity index (χ4n) is 8.29. The Labute approximate surface area is 347 Å². The molecule has 1 saturated carbocycles. The second-order valence-corrected chi connectivity index (χ2v) is 16.2. The molecule has 0 radical (unpaired) electrons. The lowest BCUT2D eigenvalue weighted by molar-refractivity contribution is -0.192. The SMILES string of the molecule is CC(C)c1nn(-c2noc(C3CCN([C@H]4CCC[C@@H]4O)CC3)n2)c2c(F)cccc12.CC(C)c1nn(-c2noc(C3CCNCC3)n2)c2c(F)cccc12.O=C(O)C(F)(F)F. The van der Waals surface area contributed by atoms with E-state index in [0.717, 1.165) is 93.3 Å². The van der Waals surface area contributed by atoms with Crippen molar-refractivity contribution in [2.45, 2.75) is 115 Å². The van der Waals surface area contributed by atoms with Gasteiger partial charge in [-0.1, -0.05) is 52.0 Å². The number of piperidine rings is 2. The van der Waals surface area contributed by atoms with Crippen LogP contribution in [0.3, 0.4) is 0 Å². The number of carboxylic acids is 1. The van der Waals surface area contributed by atoms with Crippen molar-refractivity contribution >= 4 is 27.8 Å². The first kappa shape index (κ1) is 43.7. The maximum atomic E-state index is 14.6. The van der Waals surface area contributed by atoms with Crippen LogP contribution in [0.25, 0.3) is 33.7 Å². The normalized spacial score (nSPS) is 19.4. The molecule has 9 rings (SSSR count). The summed E-state index contributed by atoms with van der Waals surface area (Å²) in [6.07, 6.45) is 1.56. The average molecular weight is 857 g/mol. The molecule has 2 aromatic carbocycles. The second kappa shape index (κ2) is 18.3. The molecule has 0 unspecified atom stereocenters. The number of aliphatic hydroxyl groups is 1. The number of aliphatic carboxylic acids is 1. The summed E-state index contributed by atoms with van der Waals surface area (Å²) in [6, 6.07) is 10.3. The van der Waals surface area contributed by atoms with Crippen molar-refractivity contribution in [1.29, 1.82) is 0 Å². The molecule has 2 aliphatic heterocycles. The molecule has 2 saturated heterocycles. The van der Waals surface area contributed by atoms with Crippen molar-refractivity contribution in [3.63, 3.8) is 0 Å². The van der Waals surface area contributed by atoms with Gasteiger partial charge in [-0.2, -0.15) is 42.7 Å². The fourth-order valence-corrected chi connectivity index (χ4v) is 8.29. The van der Waals surface area contributed by atoms with Crippen LogP contribution in [0, 0.1) is 11.6 Å². The summed E-state index contributed by atoms with van der Waals surface area (Å²) in [5.41, 5.74) is 2.44.